The molecule has 0 aromatic rings. The van der Waals surface area contributed by atoms with Crippen LogP contribution in [0.25, 0.3) is 0 Å². The zero-order valence-corrected chi connectivity index (χ0v) is 6.83. The first kappa shape index (κ1) is 8.65. The number of alkyl halides is 2. The van der Waals surface area contributed by atoms with Crippen LogP contribution >= 0.6 is 11.6 Å². The number of aliphatic imine (C=N–C) groups is 1. The second-order valence-electron chi connectivity index (χ2n) is 2.51. The van der Waals surface area contributed by atoms with E-state index in [1.165, 1.54) is 6.08 Å². The van der Waals surface area contributed by atoms with Gasteiger partial charge in [0.05, 0.1) is 0 Å². The van der Waals surface area contributed by atoms with Gasteiger partial charge in [-0.2, -0.15) is 0 Å². The zero-order valence-electron chi connectivity index (χ0n) is 6.07. The first-order chi connectivity index (χ1) is 5.00. The summed E-state index contributed by atoms with van der Waals surface area (Å²) in [6, 6.07) is 0. The molecule has 1 heterocycles. The Kier molecular flexibility index (Phi) is 2.28. The fourth-order valence-corrected chi connectivity index (χ4v) is 1.11. The summed E-state index contributed by atoms with van der Waals surface area (Å²) in [4.78, 5) is 3.77. The van der Waals surface area contributed by atoms with Crippen molar-refractivity contribution in [1.29, 1.82) is 0 Å². The van der Waals surface area contributed by atoms with Crippen LogP contribution in [0, 0.1) is 0 Å². The van der Waals surface area contributed by atoms with Crippen LogP contribution < -0.4 is 0 Å². The molecule has 0 bridgehead atoms. The van der Waals surface area contributed by atoms with Crippen molar-refractivity contribution in [3.8, 4) is 0 Å². The summed E-state index contributed by atoms with van der Waals surface area (Å²) in [5, 5.41) is 0.174. The summed E-state index contributed by atoms with van der Waals surface area (Å²) in [5.74, 6) is -2.75. The predicted molar refractivity (Wildman–Crippen MR) is 41.5 cm³/mol. The van der Waals surface area contributed by atoms with Gasteiger partial charge in [-0.15, -0.1) is 0 Å². The fraction of sp³-hybridized carbons (Fsp3) is 0.571. The SMILES string of the molecule is CC(F)(F)C1=CC(Cl)=NCC1. The molecule has 0 aromatic heterocycles. The van der Waals surface area contributed by atoms with Gasteiger partial charge in [0.1, 0.15) is 5.17 Å². The van der Waals surface area contributed by atoms with Crippen molar-refractivity contribution in [2.45, 2.75) is 19.3 Å². The highest BCUT2D eigenvalue weighted by Gasteiger charge is 2.28. The maximum absolute atomic E-state index is 12.6. The normalized spacial score (nSPS) is 19.3. The van der Waals surface area contributed by atoms with Crippen LogP contribution in [-0.2, 0) is 0 Å². The highest BCUT2D eigenvalue weighted by atomic mass is 35.5. The van der Waals surface area contributed by atoms with Gasteiger partial charge in [-0.05, 0) is 12.5 Å². The lowest BCUT2D eigenvalue weighted by Gasteiger charge is -2.16. The topological polar surface area (TPSA) is 12.4 Å². The Morgan fingerprint density at radius 1 is 1.64 bits per heavy atom. The van der Waals surface area contributed by atoms with Gasteiger partial charge >= 0.3 is 0 Å². The van der Waals surface area contributed by atoms with Crippen molar-refractivity contribution in [3.05, 3.63) is 11.6 Å². The number of nitrogens with zero attached hydrogens (tertiary/aromatic N) is 1. The predicted octanol–water partition coefficient (Wildman–Crippen LogP) is 2.61. The fourth-order valence-electron chi connectivity index (χ4n) is 0.891. The number of allylic oxidation sites excluding steroid dienone is 1. The van der Waals surface area contributed by atoms with Gasteiger partial charge in [0.15, 0.2) is 0 Å². The van der Waals surface area contributed by atoms with Gasteiger partial charge < -0.3 is 0 Å². The van der Waals surface area contributed by atoms with Crippen LogP contribution in [0.1, 0.15) is 13.3 Å². The molecule has 1 rings (SSSR count). The van der Waals surface area contributed by atoms with Crippen molar-refractivity contribution in [1.82, 2.24) is 0 Å². The molecule has 0 N–H and O–H groups in total. The first-order valence-electron chi connectivity index (χ1n) is 3.29. The van der Waals surface area contributed by atoms with Gasteiger partial charge in [-0.25, -0.2) is 8.78 Å². The zero-order chi connectivity index (χ0) is 8.48. The number of hydrogen-bond donors (Lipinski definition) is 0. The Labute approximate surface area is 68.8 Å². The highest BCUT2D eigenvalue weighted by Crippen LogP contribution is 2.27. The third kappa shape index (κ3) is 2.26. The molecule has 0 atom stereocenters. The summed E-state index contributed by atoms with van der Waals surface area (Å²) in [6.45, 7) is 1.24. The molecule has 0 unspecified atom stereocenters. The minimum absolute atomic E-state index is 0.0671. The Bertz CT molecular complexity index is 215. The van der Waals surface area contributed by atoms with E-state index < -0.39 is 5.92 Å². The van der Waals surface area contributed by atoms with Crippen LogP contribution in [0.15, 0.2) is 16.6 Å². The van der Waals surface area contributed by atoms with E-state index in [0.717, 1.165) is 6.92 Å². The Morgan fingerprint density at radius 2 is 2.27 bits per heavy atom. The average Bonchev–Trinajstić information content (AvgIpc) is 1.86. The van der Waals surface area contributed by atoms with Crippen molar-refractivity contribution >= 4 is 16.8 Å². The molecule has 1 aliphatic rings. The number of dihydropyridines is 1. The Balaban J connectivity index is 2.82. The summed E-state index contributed by atoms with van der Waals surface area (Å²) >= 11 is 5.46. The van der Waals surface area contributed by atoms with Gasteiger partial charge in [0.25, 0.3) is 5.92 Å². The smallest absolute Gasteiger partial charge is 0.267 e. The van der Waals surface area contributed by atoms with Crippen LogP contribution in [0.3, 0.4) is 0 Å². The van der Waals surface area contributed by atoms with Gasteiger partial charge in [0.2, 0.25) is 0 Å². The van der Waals surface area contributed by atoms with Crippen molar-refractivity contribution in [3.63, 3.8) is 0 Å². The first-order valence-corrected chi connectivity index (χ1v) is 3.67. The van der Waals surface area contributed by atoms with E-state index in [4.69, 9.17) is 11.6 Å². The summed E-state index contributed by atoms with van der Waals surface area (Å²) < 4.78 is 25.2. The molecule has 0 aliphatic carbocycles. The van der Waals surface area contributed by atoms with Gasteiger partial charge in [-0.1, -0.05) is 11.6 Å². The maximum atomic E-state index is 12.6. The van der Waals surface area contributed by atoms with Crippen molar-refractivity contribution < 1.29 is 8.78 Å². The average molecular weight is 180 g/mol. The summed E-state index contributed by atoms with van der Waals surface area (Å²) in [7, 11) is 0. The van der Waals surface area contributed by atoms with Crippen LogP contribution in [0.5, 0.6) is 0 Å². The third-order valence-electron chi connectivity index (χ3n) is 1.50. The lowest BCUT2D eigenvalue weighted by molar-refractivity contribution is 0.0599. The molecule has 0 amide bonds. The molecule has 0 radical (unpaired) electrons. The van der Waals surface area contributed by atoms with E-state index in [-0.39, 0.29) is 10.7 Å². The largest absolute Gasteiger partial charge is 0.273 e. The lowest BCUT2D eigenvalue weighted by atomic mass is 10.1. The molecule has 62 valence electrons. The minimum Gasteiger partial charge on any atom is -0.273 e. The standard InChI is InChI=1S/C7H8ClF2N/c1-7(9,10)5-2-3-11-6(8)4-5/h4H,2-3H2,1H3. The molecule has 0 saturated carbocycles. The lowest BCUT2D eigenvalue weighted by Crippen LogP contribution is -2.17. The molecule has 0 fully saturated rings. The summed E-state index contributed by atoms with van der Waals surface area (Å²) in [5.41, 5.74) is 0.0671. The second kappa shape index (κ2) is 2.89. The van der Waals surface area contributed by atoms with Crippen LogP contribution in [-0.4, -0.2) is 17.6 Å². The van der Waals surface area contributed by atoms with Crippen molar-refractivity contribution in [2.24, 2.45) is 4.99 Å². The van der Waals surface area contributed by atoms with Gasteiger partial charge in [-0.3, -0.25) is 4.99 Å². The van der Waals surface area contributed by atoms with E-state index in [2.05, 4.69) is 4.99 Å². The van der Waals surface area contributed by atoms with E-state index in [0.29, 0.717) is 13.0 Å². The van der Waals surface area contributed by atoms with E-state index in [1.807, 2.05) is 0 Å². The van der Waals surface area contributed by atoms with E-state index >= 15 is 0 Å². The van der Waals surface area contributed by atoms with Crippen LogP contribution in [0.4, 0.5) is 8.78 Å². The molecule has 1 nitrogen and oxygen atoms in total. The van der Waals surface area contributed by atoms with E-state index in [1.54, 1.807) is 0 Å². The monoisotopic (exact) mass is 179 g/mol. The quantitative estimate of drug-likeness (QED) is 0.587. The Hall–Kier alpha value is -0.440. The molecule has 4 heteroatoms. The Morgan fingerprint density at radius 3 is 2.64 bits per heavy atom. The summed E-state index contributed by atoms with van der Waals surface area (Å²) in [6.07, 6.45) is 1.55. The second-order valence-corrected chi connectivity index (χ2v) is 2.90. The molecule has 1 aliphatic heterocycles. The van der Waals surface area contributed by atoms with Gasteiger partial charge in [0, 0.05) is 19.0 Å². The molecular formula is C7H8ClF2N. The number of rotatable bonds is 1. The minimum atomic E-state index is -2.75. The number of hydrogen-bond acceptors (Lipinski definition) is 1. The number of halogens is 3. The molecule has 0 aromatic carbocycles. The molecule has 11 heavy (non-hydrogen) atoms. The highest BCUT2D eigenvalue weighted by molar-refractivity contribution is 6.68. The van der Waals surface area contributed by atoms with Crippen LogP contribution in [0.2, 0.25) is 0 Å². The maximum Gasteiger partial charge on any atom is 0.267 e. The molecule has 0 saturated heterocycles. The molecular weight excluding hydrogens is 172 g/mol. The third-order valence-corrected chi connectivity index (χ3v) is 1.73. The van der Waals surface area contributed by atoms with Crippen molar-refractivity contribution in [2.75, 3.05) is 6.54 Å². The molecule has 0 spiro atoms. The van der Waals surface area contributed by atoms with E-state index in [9.17, 15) is 8.78 Å².